The molecule has 1 N–H and O–H groups in total. The fourth-order valence-electron chi connectivity index (χ4n) is 4.40. The van der Waals surface area contributed by atoms with E-state index in [2.05, 4.69) is 4.98 Å². The highest BCUT2D eigenvalue weighted by Crippen LogP contribution is 2.31. The van der Waals surface area contributed by atoms with Crippen molar-refractivity contribution in [3.05, 3.63) is 102 Å². The number of sulfonamides is 1. The van der Waals surface area contributed by atoms with Crippen molar-refractivity contribution in [3.8, 4) is 0 Å². The predicted octanol–water partition coefficient (Wildman–Crippen LogP) is 5.10. The van der Waals surface area contributed by atoms with Crippen molar-refractivity contribution < 1.29 is 31.1 Å². The van der Waals surface area contributed by atoms with Crippen LogP contribution in [0.5, 0.6) is 0 Å². The SMILES string of the molecule is COCCN(CC(=O)N(CCc1c[nH]c2ccccc12)Cc1ccccc1)S(=O)(=O)c1cccc(C(F)(F)F)c1. The maximum Gasteiger partial charge on any atom is 0.416 e. The number of ether oxygens (including phenoxy) is 1. The molecule has 3 aromatic carbocycles. The van der Waals surface area contributed by atoms with Crippen molar-refractivity contribution in [2.45, 2.75) is 24.0 Å². The summed E-state index contributed by atoms with van der Waals surface area (Å²) in [5.41, 5.74) is 1.75. The van der Waals surface area contributed by atoms with Crippen LogP contribution in [0.1, 0.15) is 16.7 Å². The van der Waals surface area contributed by atoms with E-state index in [1.165, 1.54) is 7.11 Å². The lowest BCUT2D eigenvalue weighted by atomic mass is 10.1. The first-order chi connectivity index (χ1) is 19.1. The van der Waals surface area contributed by atoms with Crippen LogP contribution < -0.4 is 0 Å². The number of rotatable bonds is 12. The third-order valence-corrected chi connectivity index (χ3v) is 8.39. The summed E-state index contributed by atoms with van der Waals surface area (Å²) < 4.78 is 72.7. The largest absolute Gasteiger partial charge is 0.416 e. The lowest BCUT2D eigenvalue weighted by molar-refractivity contribution is -0.137. The van der Waals surface area contributed by atoms with Crippen LogP contribution in [0.2, 0.25) is 0 Å². The van der Waals surface area contributed by atoms with E-state index in [1.807, 2.05) is 60.8 Å². The molecular formula is C29H30F3N3O4S. The number of benzene rings is 3. The molecule has 11 heteroatoms. The number of methoxy groups -OCH3 is 1. The molecule has 212 valence electrons. The highest BCUT2D eigenvalue weighted by Gasteiger charge is 2.34. The van der Waals surface area contributed by atoms with Gasteiger partial charge < -0.3 is 14.6 Å². The molecule has 0 saturated carbocycles. The van der Waals surface area contributed by atoms with E-state index in [1.54, 1.807) is 4.90 Å². The number of aromatic amines is 1. The van der Waals surface area contributed by atoms with Gasteiger partial charge in [0, 0.05) is 43.8 Å². The summed E-state index contributed by atoms with van der Waals surface area (Å²) in [5.74, 6) is -0.477. The van der Waals surface area contributed by atoms with Gasteiger partial charge in [0.2, 0.25) is 15.9 Å². The number of halogens is 3. The van der Waals surface area contributed by atoms with Gasteiger partial charge >= 0.3 is 6.18 Å². The Kier molecular flexibility index (Phi) is 9.28. The van der Waals surface area contributed by atoms with Crippen molar-refractivity contribution in [2.24, 2.45) is 0 Å². The van der Waals surface area contributed by atoms with Crippen LogP contribution in [0.4, 0.5) is 13.2 Å². The number of amides is 1. The van der Waals surface area contributed by atoms with Gasteiger partial charge in [0.15, 0.2) is 0 Å². The van der Waals surface area contributed by atoms with Crippen molar-refractivity contribution in [2.75, 3.05) is 33.4 Å². The first-order valence-electron chi connectivity index (χ1n) is 12.6. The second-order valence-corrected chi connectivity index (χ2v) is 11.2. The number of carbonyl (C=O) groups is 1. The van der Waals surface area contributed by atoms with Gasteiger partial charge in [-0.3, -0.25) is 4.79 Å². The van der Waals surface area contributed by atoms with Gasteiger partial charge in [-0.2, -0.15) is 17.5 Å². The van der Waals surface area contributed by atoms with E-state index in [0.29, 0.717) is 19.0 Å². The third-order valence-electron chi connectivity index (χ3n) is 6.55. The number of carbonyl (C=O) groups excluding carboxylic acids is 1. The lowest BCUT2D eigenvalue weighted by Crippen LogP contribution is -2.44. The average molecular weight is 574 g/mol. The fraction of sp³-hybridized carbons (Fsp3) is 0.276. The summed E-state index contributed by atoms with van der Waals surface area (Å²) in [6.07, 6.45) is -2.31. The number of hydrogen-bond acceptors (Lipinski definition) is 4. The Morgan fingerprint density at radius 2 is 1.68 bits per heavy atom. The van der Waals surface area contributed by atoms with Gasteiger partial charge in [-0.1, -0.05) is 54.6 Å². The third kappa shape index (κ3) is 7.09. The molecule has 0 aliphatic rings. The Balaban J connectivity index is 1.59. The molecule has 40 heavy (non-hydrogen) atoms. The van der Waals surface area contributed by atoms with Crippen LogP contribution in [0.25, 0.3) is 10.9 Å². The Labute approximate surface area is 231 Å². The average Bonchev–Trinajstić information content (AvgIpc) is 3.36. The molecule has 0 atom stereocenters. The van der Waals surface area contributed by atoms with Gasteiger partial charge in [0.05, 0.1) is 23.6 Å². The molecule has 4 rings (SSSR count). The van der Waals surface area contributed by atoms with Gasteiger partial charge in [-0.25, -0.2) is 8.42 Å². The minimum absolute atomic E-state index is 0.0422. The standard InChI is InChI=1S/C29H30F3N3O4S/c1-39-17-16-35(40(37,38)25-11-7-10-24(18-25)29(30,31)32)21-28(36)34(20-22-8-3-2-4-9-22)15-14-23-19-33-27-13-6-5-12-26(23)27/h2-13,18-19,33H,14-17,20-21H2,1H3. The number of H-pyrrole nitrogens is 1. The van der Waals surface area contributed by atoms with Crippen LogP contribution in [0.15, 0.2) is 90.0 Å². The van der Waals surface area contributed by atoms with Crippen molar-refractivity contribution >= 4 is 26.8 Å². The van der Waals surface area contributed by atoms with Crippen molar-refractivity contribution in [1.82, 2.24) is 14.2 Å². The first-order valence-corrected chi connectivity index (χ1v) is 14.1. The van der Waals surface area contributed by atoms with Gasteiger partial charge in [-0.15, -0.1) is 0 Å². The highest BCUT2D eigenvalue weighted by molar-refractivity contribution is 7.89. The predicted molar refractivity (Wildman–Crippen MR) is 146 cm³/mol. The number of hydrogen-bond donors (Lipinski definition) is 1. The molecule has 0 aliphatic carbocycles. The summed E-state index contributed by atoms with van der Waals surface area (Å²) in [6, 6.07) is 20.6. The molecule has 0 radical (unpaired) electrons. The number of nitrogens with one attached hydrogen (secondary N) is 1. The van der Waals surface area contributed by atoms with Crippen LogP contribution >= 0.6 is 0 Å². The number of nitrogens with zero attached hydrogens (tertiary/aromatic N) is 2. The molecule has 0 unspecified atom stereocenters. The fourth-order valence-corrected chi connectivity index (χ4v) is 5.82. The Bertz CT molecular complexity index is 1540. The maximum absolute atomic E-state index is 13.6. The maximum atomic E-state index is 13.6. The summed E-state index contributed by atoms with van der Waals surface area (Å²) in [7, 11) is -3.07. The number of para-hydroxylation sites is 1. The van der Waals surface area contributed by atoms with Gasteiger partial charge in [-0.05, 0) is 41.8 Å². The van der Waals surface area contributed by atoms with E-state index < -0.39 is 39.1 Å². The minimum atomic E-state index is -4.71. The first kappa shape index (κ1) is 29.3. The van der Waals surface area contributed by atoms with E-state index in [0.717, 1.165) is 44.5 Å². The van der Waals surface area contributed by atoms with E-state index in [9.17, 15) is 26.4 Å². The smallest absolute Gasteiger partial charge is 0.383 e. The molecule has 0 bridgehead atoms. The summed E-state index contributed by atoms with van der Waals surface area (Å²) in [5, 5.41) is 1.03. The Morgan fingerprint density at radius 1 is 0.950 bits per heavy atom. The van der Waals surface area contributed by atoms with Crippen LogP contribution in [-0.2, 0) is 38.7 Å². The molecule has 0 spiro atoms. The Morgan fingerprint density at radius 3 is 2.40 bits per heavy atom. The molecule has 7 nitrogen and oxygen atoms in total. The van der Waals surface area contributed by atoms with Crippen molar-refractivity contribution in [1.29, 1.82) is 0 Å². The van der Waals surface area contributed by atoms with E-state index in [4.69, 9.17) is 4.74 Å². The van der Waals surface area contributed by atoms with Crippen LogP contribution in [0.3, 0.4) is 0 Å². The zero-order chi connectivity index (χ0) is 28.8. The van der Waals surface area contributed by atoms with Gasteiger partial charge in [0.25, 0.3) is 0 Å². The molecule has 0 aliphatic heterocycles. The highest BCUT2D eigenvalue weighted by atomic mass is 32.2. The van der Waals surface area contributed by atoms with Crippen LogP contribution in [0, 0.1) is 0 Å². The zero-order valence-electron chi connectivity index (χ0n) is 21.9. The number of fused-ring (bicyclic) bond motifs is 1. The molecular weight excluding hydrogens is 543 g/mol. The van der Waals surface area contributed by atoms with Crippen molar-refractivity contribution in [3.63, 3.8) is 0 Å². The normalized spacial score (nSPS) is 12.2. The lowest BCUT2D eigenvalue weighted by Gasteiger charge is -2.27. The second kappa shape index (κ2) is 12.7. The second-order valence-electron chi connectivity index (χ2n) is 9.27. The quantitative estimate of drug-likeness (QED) is 0.256. The monoisotopic (exact) mass is 573 g/mol. The molecule has 4 aromatic rings. The molecule has 0 saturated heterocycles. The summed E-state index contributed by atoms with van der Waals surface area (Å²) >= 11 is 0. The van der Waals surface area contributed by atoms with Crippen LogP contribution in [-0.4, -0.2) is 61.9 Å². The number of aromatic nitrogens is 1. The molecule has 1 amide bonds. The topological polar surface area (TPSA) is 82.7 Å². The van der Waals surface area contributed by atoms with Gasteiger partial charge in [0.1, 0.15) is 0 Å². The summed E-state index contributed by atoms with van der Waals surface area (Å²) in [4.78, 5) is 17.9. The zero-order valence-corrected chi connectivity index (χ0v) is 22.7. The molecule has 0 fully saturated rings. The summed E-state index contributed by atoms with van der Waals surface area (Å²) in [6.45, 7) is -0.258. The van der Waals surface area contributed by atoms with E-state index >= 15 is 0 Å². The Hall–Kier alpha value is -3.67. The minimum Gasteiger partial charge on any atom is -0.383 e. The molecule has 1 heterocycles. The molecule has 1 aromatic heterocycles. The van der Waals surface area contributed by atoms with E-state index in [-0.39, 0.29) is 19.7 Å². The number of alkyl halides is 3.